The van der Waals surface area contributed by atoms with Gasteiger partial charge in [-0.15, -0.1) is 0 Å². The highest BCUT2D eigenvalue weighted by Crippen LogP contribution is 2.39. The van der Waals surface area contributed by atoms with Gasteiger partial charge < -0.3 is 12.5 Å². The Morgan fingerprint density at radius 1 is 1.00 bits per heavy atom. The highest BCUT2D eigenvalue weighted by molar-refractivity contribution is 7.83. The summed E-state index contributed by atoms with van der Waals surface area (Å²) in [5.74, 6) is -1.68. The van der Waals surface area contributed by atoms with E-state index in [1.54, 1.807) is 19.6 Å². The molecule has 0 bridgehead atoms. The molecule has 0 spiro atoms. The van der Waals surface area contributed by atoms with E-state index in [-0.39, 0.29) is 0 Å². The SMILES string of the molecule is C[Si](C)(C)OS(=O)(=O)Oc1cccc(OS(=O)O)c1OS(=O)O. The highest BCUT2D eigenvalue weighted by atomic mass is 32.3. The molecule has 2 N–H and O–H groups in total. The van der Waals surface area contributed by atoms with Crippen LogP contribution >= 0.6 is 0 Å². The molecular weight excluding hydrogens is 392 g/mol. The van der Waals surface area contributed by atoms with Gasteiger partial charge in [0, 0.05) is 0 Å². The molecule has 0 aliphatic carbocycles. The van der Waals surface area contributed by atoms with Crippen molar-refractivity contribution in [2.24, 2.45) is 0 Å². The van der Waals surface area contributed by atoms with Crippen LogP contribution in [-0.2, 0) is 37.0 Å². The van der Waals surface area contributed by atoms with Crippen molar-refractivity contribution >= 4 is 41.4 Å². The van der Waals surface area contributed by atoms with Gasteiger partial charge in [-0.2, -0.15) is 16.8 Å². The second kappa shape index (κ2) is 7.69. The van der Waals surface area contributed by atoms with Crippen LogP contribution in [0.4, 0.5) is 0 Å². The molecule has 2 unspecified atom stereocenters. The monoisotopic (exact) mass is 406 g/mol. The van der Waals surface area contributed by atoms with E-state index in [1.807, 2.05) is 0 Å². The largest absolute Gasteiger partial charge is 0.439 e. The second-order valence-electron chi connectivity index (χ2n) is 4.87. The minimum absolute atomic E-state index is 0.478. The fraction of sp³-hybridized carbons (Fsp3) is 0.333. The maximum atomic E-state index is 11.8. The number of hydrogen-bond donors (Lipinski definition) is 2. The third kappa shape index (κ3) is 7.38. The van der Waals surface area contributed by atoms with Crippen LogP contribution in [0, 0.1) is 0 Å². The zero-order valence-corrected chi connectivity index (χ0v) is 15.6. The van der Waals surface area contributed by atoms with Crippen LogP contribution < -0.4 is 12.5 Å². The average Bonchev–Trinajstić information content (AvgIpc) is 2.28. The summed E-state index contributed by atoms with van der Waals surface area (Å²) in [4.78, 5) is 0. The Balaban J connectivity index is 3.24. The minimum Gasteiger partial charge on any atom is -0.376 e. The summed E-state index contributed by atoms with van der Waals surface area (Å²) in [5.41, 5.74) is 0. The Labute approximate surface area is 139 Å². The van der Waals surface area contributed by atoms with Crippen LogP contribution in [-0.4, -0.2) is 34.3 Å². The van der Waals surface area contributed by atoms with Gasteiger partial charge in [0.25, 0.3) is 0 Å². The first kappa shape index (κ1) is 20.0. The van der Waals surface area contributed by atoms with Gasteiger partial charge in [-0.3, -0.25) is 13.0 Å². The molecule has 1 aromatic carbocycles. The van der Waals surface area contributed by atoms with E-state index in [4.69, 9.17) is 13.0 Å². The van der Waals surface area contributed by atoms with E-state index in [1.165, 1.54) is 6.07 Å². The molecule has 14 heteroatoms. The molecule has 2 atom stereocenters. The third-order valence-corrected chi connectivity index (χ3v) is 5.63. The molecule has 0 aromatic heterocycles. The lowest BCUT2D eigenvalue weighted by molar-refractivity contribution is 0.376. The summed E-state index contributed by atoms with van der Waals surface area (Å²) in [5, 5.41) is 0. The van der Waals surface area contributed by atoms with Gasteiger partial charge in [-0.25, -0.2) is 0 Å². The van der Waals surface area contributed by atoms with Gasteiger partial charge in [0.05, 0.1) is 0 Å². The molecule has 1 rings (SSSR count). The summed E-state index contributed by atoms with van der Waals surface area (Å²) in [6, 6.07) is 3.41. The maximum absolute atomic E-state index is 11.8. The average molecular weight is 406 g/mol. The fourth-order valence-electron chi connectivity index (χ4n) is 1.29. The lowest BCUT2D eigenvalue weighted by atomic mass is 10.3. The van der Waals surface area contributed by atoms with Crippen molar-refractivity contribution in [3.05, 3.63) is 18.2 Å². The molecule has 132 valence electrons. The van der Waals surface area contributed by atoms with Crippen molar-refractivity contribution in [2.75, 3.05) is 0 Å². The molecule has 0 saturated heterocycles. The Morgan fingerprint density at radius 2 is 1.52 bits per heavy atom. The van der Waals surface area contributed by atoms with Crippen LogP contribution in [0.25, 0.3) is 0 Å². The Bertz CT molecular complexity index is 711. The van der Waals surface area contributed by atoms with Crippen molar-refractivity contribution in [1.82, 2.24) is 0 Å². The molecule has 0 aliphatic rings. The van der Waals surface area contributed by atoms with E-state index >= 15 is 0 Å². The molecule has 10 nitrogen and oxygen atoms in total. The summed E-state index contributed by atoms with van der Waals surface area (Å²) in [6.45, 7) is 4.80. The molecule has 1 aromatic rings. The predicted molar refractivity (Wildman–Crippen MR) is 83.2 cm³/mol. The van der Waals surface area contributed by atoms with Gasteiger partial charge in [0.2, 0.25) is 14.1 Å². The number of rotatable bonds is 8. The molecule has 0 heterocycles. The first-order chi connectivity index (χ1) is 10.4. The van der Waals surface area contributed by atoms with E-state index < -0.39 is 58.7 Å². The van der Waals surface area contributed by atoms with Gasteiger partial charge in [-0.05, 0) is 31.8 Å². The van der Waals surface area contributed by atoms with E-state index in [9.17, 15) is 16.8 Å². The van der Waals surface area contributed by atoms with Gasteiger partial charge in [0.1, 0.15) is 0 Å². The molecule has 23 heavy (non-hydrogen) atoms. The predicted octanol–water partition coefficient (Wildman–Crippen LogP) is 1.19. The van der Waals surface area contributed by atoms with Gasteiger partial charge in [0.15, 0.2) is 11.5 Å². The van der Waals surface area contributed by atoms with Crippen LogP contribution in [0.1, 0.15) is 0 Å². The first-order valence-electron chi connectivity index (χ1n) is 5.76. The van der Waals surface area contributed by atoms with E-state index in [0.717, 1.165) is 12.1 Å². The zero-order chi connectivity index (χ0) is 17.8. The molecule has 0 amide bonds. The Hall–Kier alpha value is -1.03. The van der Waals surface area contributed by atoms with Crippen LogP contribution in [0.5, 0.6) is 17.2 Å². The van der Waals surface area contributed by atoms with E-state index in [0.29, 0.717) is 0 Å². The zero-order valence-electron chi connectivity index (χ0n) is 12.1. The van der Waals surface area contributed by atoms with Crippen molar-refractivity contribution < 1.29 is 42.4 Å². The topological polar surface area (TPSA) is 146 Å². The first-order valence-corrected chi connectivity index (χ1v) is 12.6. The Morgan fingerprint density at radius 3 is 2.00 bits per heavy atom. The van der Waals surface area contributed by atoms with E-state index in [2.05, 4.69) is 12.5 Å². The summed E-state index contributed by atoms with van der Waals surface area (Å²) >= 11 is -5.65. The quantitative estimate of drug-likeness (QED) is 0.477. The molecule has 0 fully saturated rings. The second-order valence-corrected chi connectivity index (χ2v) is 11.9. The lowest BCUT2D eigenvalue weighted by Crippen LogP contribution is -2.31. The fourth-order valence-corrected chi connectivity index (χ4v) is 4.82. The summed E-state index contributed by atoms with van der Waals surface area (Å²) in [6.07, 6.45) is 0. The Kier molecular flexibility index (Phi) is 6.69. The van der Waals surface area contributed by atoms with Crippen molar-refractivity contribution in [1.29, 1.82) is 0 Å². The van der Waals surface area contributed by atoms with Crippen molar-refractivity contribution in [3.8, 4) is 17.2 Å². The third-order valence-electron chi connectivity index (χ3n) is 1.80. The smallest absolute Gasteiger partial charge is 0.376 e. The summed E-state index contributed by atoms with van der Waals surface area (Å²) < 4.78 is 81.2. The standard InChI is InChI=1S/C9H14O10S3Si/c1-23(2,3)19-22(14,15)18-8-6-4-5-7(16-20(10)11)9(8)17-21(12)13/h4-6H,1-3H3,(H,10,11)(H,12,13). The molecular formula is C9H14O10S3Si. The lowest BCUT2D eigenvalue weighted by Gasteiger charge is -2.17. The number of hydrogen-bond acceptors (Lipinski definition) is 8. The summed E-state index contributed by atoms with van der Waals surface area (Å²) in [7, 11) is -7.01. The number of para-hydroxylation sites is 1. The van der Waals surface area contributed by atoms with Gasteiger partial charge in [-0.1, -0.05) is 6.07 Å². The van der Waals surface area contributed by atoms with Gasteiger partial charge >= 0.3 is 33.1 Å². The molecule has 0 saturated carbocycles. The maximum Gasteiger partial charge on any atom is 0.439 e. The highest BCUT2D eigenvalue weighted by Gasteiger charge is 2.28. The normalized spacial score (nSPS) is 14.8. The van der Waals surface area contributed by atoms with Crippen molar-refractivity contribution in [2.45, 2.75) is 19.6 Å². The van der Waals surface area contributed by atoms with Crippen molar-refractivity contribution in [3.63, 3.8) is 0 Å². The van der Waals surface area contributed by atoms with Crippen LogP contribution in [0.2, 0.25) is 19.6 Å². The van der Waals surface area contributed by atoms with Crippen LogP contribution in [0.3, 0.4) is 0 Å². The minimum atomic E-state index is -4.49. The number of benzene rings is 1. The van der Waals surface area contributed by atoms with Crippen LogP contribution in [0.15, 0.2) is 18.2 Å². The molecule has 0 radical (unpaired) electrons. The molecule has 0 aliphatic heterocycles.